The van der Waals surface area contributed by atoms with E-state index >= 15 is 0 Å². The molecular formula is C12H16N2O3. The van der Waals surface area contributed by atoms with E-state index in [0.29, 0.717) is 24.2 Å². The first-order valence-corrected chi connectivity index (χ1v) is 5.40. The van der Waals surface area contributed by atoms with Gasteiger partial charge in [0.05, 0.1) is 0 Å². The van der Waals surface area contributed by atoms with Crippen molar-refractivity contribution in [3.8, 4) is 0 Å². The number of hydrogen-bond acceptors (Lipinski definition) is 3. The number of aliphatic hydroxyl groups excluding tert-OH is 1. The van der Waals surface area contributed by atoms with Crippen molar-refractivity contribution in [1.29, 1.82) is 0 Å². The summed E-state index contributed by atoms with van der Waals surface area (Å²) in [6, 6.07) is 6.61. The molecule has 0 aliphatic heterocycles. The number of amides is 2. The van der Waals surface area contributed by atoms with Crippen LogP contribution in [0.4, 0.5) is 5.69 Å². The van der Waals surface area contributed by atoms with E-state index in [1.165, 1.54) is 6.92 Å². The molecule has 0 aliphatic carbocycles. The fourth-order valence-corrected chi connectivity index (χ4v) is 1.29. The molecule has 0 bridgehead atoms. The second kappa shape index (κ2) is 6.65. The summed E-state index contributed by atoms with van der Waals surface area (Å²) in [4.78, 5) is 22.4. The summed E-state index contributed by atoms with van der Waals surface area (Å²) in [6.45, 7) is 1.93. The lowest BCUT2D eigenvalue weighted by molar-refractivity contribution is -0.114. The molecule has 1 rings (SSSR count). The van der Waals surface area contributed by atoms with Crippen LogP contribution in [0.3, 0.4) is 0 Å². The van der Waals surface area contributed by atoms with Crippen LogP contribution in [0.2, 0.25) is 0 Å². The predicted octanol–water partition coefficient (Wildman–Crippen LogP) is 0.757. The van der Waals surface area contributed by atoms with Crippen molar-refractivity contribution in [1.82, 2.24) is 5.32 Å². The van der Waals surface area contributed by atoms with Gasteiger partial charge in [-0.1, -0.05) is 0 Å². The number of carbonyl (C=O) groups excluding carboxylic acids is 2. The number of nitrogens with one attached hydrogen (secondary N) is 2. The third-order valence-corrected chi connectivity index (χ3v) is 2.09. The maximum absolute atomic E-state index is 11.6. The lowest BCUT2D eigenvalue weighted by atomic mass is 10.2. The third kappa shape index (κ3) is 4.65. The molecule has 5 nitrogen and oxygen atoms in total. The summed E-state index contributed by atoms with van der Waals surface area (Å²) in [6.07, 6.45) is 0.537. The average Bonchev–Trinajstić information content (AvgIpc) is 2.29. The van der Waals surface area contributed by atoms with Crippen molar-refractivity contribution in [2.45, 2.75) is 13.3 Å². The van der Waals surface area contributed by atoms with E-state index in [0.717, 1.165) is 0 Å². The first kappa shape index (κ1) is 13.2. The summed E-state index contributed by atoms with van der Waals surface area (Å²) < 4.78 is 0. The summed E-state index contributed by atoms with van der Waals surface area (Å²) in [7, 11) is 0. The fraction of sp³-hybridized carbons (Fsp3) is 0.333. The number of rotatable bonds is 5. The highest BCUT2D eigenvalue weighted by atomic mass is 16.3. The number of hydrogen-bond donors (Lipinski definition) is 3. The molecule has 0 aromatic heterocycles. The maximum Gasteiger partial charge on any atom is 0.251 e. The molecular weight excluding hydrogens is 220 g/mol. The molecule has 0 fully saturated rings. The Morgan fingerprint density at radius 2 is 1.88 bits per heavy atom. The molecule has 1 aromatic carbocycles. The third-order valence-electron chi connectivity index (χ3n) is 2.09. The van der Waals surface area contributed by atoms with Gasteiger partial charge in [-0.25, -0.2) is 0 Å². The quantitative estimate of drug-likeness (QED) is 0.660. The summed E-state index contributed by atoms with van der Waals surface area (Å²) in [5, 5.41) is 13.9. The largest absolute Gasteiger partial charge is 0.396 e. The second-order valence-corrected chi connectivity index (χ2v) is 3.59. The van der Waals surface area contributed by atoms with Crippen molar-refractivity contribution in [2.75, 3.05) is 18.5 Å². The predicted molar refractivity (Wildman–Crippen MR) is 64.8 cm³/mol. The molecule has 0 atom stereocenters. The van der Waals surface area contributed by atoms with E-state index in [1.807, 2.05) is 0 Å². The van der Waals surface area contributed by atoms with E-state index in [4.69, 9.17) is 5.11 Å². The van der Waals surface area contributed by atoms with Gasteiger partial charge < -0.3 is 15.7 Å². The molecule has 0 unspecified atom stereocenters. The van der Waals surface area contributed by atoms with Gasteiger partial charge in [-0.2, -0.15) is 0 Å². The van der Waals surface area contributed by atoms with Crippen molar-refractivity contribution < 1.29 is 14.7 Å². The zero-order chi connectivity index (χ0) is 12.7. The zero-order valence-corrected chi connectivity index (χ0v) is 9.69. The molecule has 0 saturated carbocycles. The van der Waals surface area contributed by atoms with Crippen LogP contribution in [0.15, 0.2) is 24.3 Å². The highest BCUT2D eigenvalue weighted by Gasteiger charge is 2.04. The Kier molecular flexibility index (Phi) is 5.16. The van der Waals surface area contributed by atoms with E-state index in [-0.39, 0.29) is 18.4 Å². The minimum absolute atomic E-state index is 0.0573. The van der Waals surface area contributed by atoms with Crippen molar-refractivity contribution in [3.63, 3.8) is 0 Å². The fourth-order valence-electron chi connectivity index (χ4n) is 1.29. The smallest absolute Gasteiger partial charge is 0.251 e. The van der Waals surface area contributed by atoms with Crippen LogP contribution in [-0.2, 0) is 4.79 Å². The lowest BCUT2D eigenvalue weighted by Gasteiger charge is -2.05. The van der Waals surface area contributed by atoms with Crippen molar-refractivity contribution in [3.05, 3.63) is 29.8 Å². The first-order valence-electron chi connectivity index (χ1n) is 5.40. The van der Waals surface area contributed by atoms with Gasteiger partial charge in [-0.15, -0.1) is 0 Å². The van der Waals surface area contributed by atoms with Crippen LogP contribution in [0.5, 0.6) is 0 Å². The summed E-state index contributed by atoms with van der Waals surface area (Å²) in [5.41, 5.74) is 1.18. The Hall–Kier alpha value is -1.88. The molecule has 3 N–H and O–H groups in total. The van der Waals surface area contributed by atoms with Crippen LogP contribution in [-0.4, -0.2) is 30.1 Å². The molecule has 5 heteroatoms. The maximum atomic E-state index is 11.6. The minimum Gasteiger partial charge on any atom is -0.396 e. The molecule has 2 amide bonds. The Labute approximate surface area is 99.8 Å². The molecule has 0 radical (unpaired) electrons. The molecule has 17 heavy (non-hydrogen) atoms. The Bertz CT molecular complexity index is 387. The second-order valence-electron chi connectivity index (χ2n) is 3.59. The van der Waals surface area contributed by atoms with Crippen LogP contribution in [0.25, 0.3) is 0 Å². The Balaban J connectivity index is 2.54. The lowest BCUT2D eigenvalue weighted by Crippen LogP contribution is -2.24. The Morgan fingerprint density at radius 3 is 2.41 bits per heavy atom. The van der Waals surface area contributed by atoms with Gasteiger partial charge in [-0.05, 0) is 30.7 Å². The normalized spacial score (nSPS) is 9.76. The molecule has 0 aliphatic rings. The van der Waals surface area contributed by atoms with Crippen molar-refractivity contribution >= 4 is 17.5 Å². The minimum atomic E-state index is -0.187. The van der Waals surface area contributed by atoms with Crippen LogP contribution >= 0.6 is 0 Å². The molecule has 92 valence electrons. The van der Waals surface area contributed by atoms with Crippen molar-refractivity contribution in [2.24, 2.45) is 0 Å². The SMILES string of the molecule is CC(=O)Nc1ccc(C(=O)NCCCO)cc1. The average molecular weight is 236 g/mol. The number of benzene rings is 1. The van der Waals surface area contributed by atoms with Gasteiger partial charge in [-0.3, -0.25) is 9.59 Å². The van der Waals surface area contributed by atoms with Gasteiger partial charge in [0, 0.05) is 31.3 Å². The summed E-state index contributed by atoms with van der Waals surface area (Å²) in [5.74, 6) is -0.335. The van der Waals surface area contributed by atoms with Crippen LogP contribution in [0.1, 0.15) is 23.7 Å². The molecule has 0 saturated heterocycles. The van der Waals surface area contributed by atoms with Gasteiger partial charge >= 0.3 is 0 Å². The van der Waals surface area contributed by atoms with E-state index in [2.05, 4.69) is 10.6 Å². The Morgan fingerprint density at radius 1 is 1.24 bits per heavy atom. The molecule has 1 aromatic rings. The van der Waals surface area contributed by atoms with Crippen LogP contribution < -0.4 is 10.6 Å². The summed E-state index contributed by atoms with van der Waals surface area (Å²) >= 11 is 0. The van der Waals surface area contributed by atoms with Gasteiger partial charge in [0.25, 0.3) is 5.91 Å². The van der Waals surface area contributed by atoms with E-state index < -0.39 is 0 Å². The number of anilines is 1. The van der Waals surface area contributed by atoms with Gasteiger partial charge in [0.2, 0.25) is 5.91 Å². The number of carbonyl (C=O) groups is 2. The number of aliphatic hydroxyl groups is 1. The first-order chi connectivity index (χ1) is 8.13. The highest BCUT2D eigenvalue weighted by molar-refractivity contribution is 5.95. The van der Waals surface area contributed by atoms with Gasteiger partial charge in [0.15, 0.2) is 0 Å². The zero-order valence-electron chi connectivity index (χ0n) is 9.69. The van der Waals surface area contributed by atoms with E-state index in [9.17, 15) is 9.59 Å². The van der Waals surface area contributed by atoms with E-state index in [1.54, 1.807) is 24.3 Å². The monoisotopic (exact) mass is 236 g/mol. The van der Waals surface area contributed by atoms with Gasteiger partial charge in [0.1, 0.15) is 0 Å². The molecule has 0 spiro atoms. The highest BCUT2D eigenvalue weighted by Crippen LogP contribution is 2.09. The topological polar surface area (TPSA) is 78.4 Å². The van der Waals surface area contributed by atoms with Crippen LogP contribution in [0, 0.1) is 0 Å². The standard InChI is InChI=1S/C12H16N2O3/c1-9(16)14-11-5-3-10(4-6-11)12(17)13-7-2-8-15/h3-6,15H,2,7-8H2,1H3,(H,13,17)(H,14,16). The molecule has 0 heterocycles.